The number of carbonyl (C=O) groups excluding carboxylic acids is 1. The van der Waals surface area contributed by atoms with E-state index in [9.17, 15) is 15.0 Å². The highest BCUT2D eigenvalue weighted by Crippen LogP contribution is 2.20. The van der Waals surface area contributed by atoms with Crippen molar-refractivity contribution in [3.63, 3.8) is 0 Å². The lowest BCUT2D eigenvalue weighted by molar-refractivity contribution is 0.0599. The van der Waals surface area contributed by atoms with Crippen LogP contribution < -0.4 is 0 Å². The fourth-order valence-corrected chi connectivity index (χ4v) is 3.11. The topological polar surface area (TPSA) is 60.8 Å². The Morgan fingerprint density at radius 2 is 2.09 bits per heavy atom. The number of amides is 1. The standard InChI is InChI=1S/C19H29NO3/c1-19(2,23)11-10-15-7-6-8-16(13-15)18(22)20-12-5-3-4-9-17(20)14-21/h6-8,13,17,21,23H,3-5,9-12,14H2,1-2H3. The lowest BCUT2D eigenvalue weighted by Gasteiger charge is -2.29. The van der Waals surface area contributed by atoms with Gasteiger partial charge >= 0.3 is 0 Å². The molecule has 1 heterocycles. The molecule has 1 aliphatic heterocycles. The molecule has 1 aromatic rings. The lowest BCUT2D eigenvalue weighted by atomic mass is 9.97. The largest absolute Gasteiger partial charge is 0.394 e. The van der Waals surface area contributed by atoms with Crippen molar-refractivity contribution < 1.29 is 15.0 Å². The molecule has 1 aromatic carbocycles. The summed E-state index contributed by atoms with van der Waals surface area (Å²) in [5.74, 6) is 0.0102. The fraction of sp³-hybridized carbons (Fsp3) is 0.632. The number of carbonyl (C=O) groups is 1. The molecule has 1 atom stereocenters. The molecule has 0 aromatic heterocycles. The van der Waals surface area contributed by atoms with Crippen molar-refractivity contribution in [1.82, 2.24) is 4.90 Å². The summed E-state index contributed by atoms with van der Waals surface area (Å²) in [6.07, 6.45) is 5.47. The SMILES string of the molecule is CC(C)(O)CCc1cccc(C(=O)N2CCCCCC2CO)c1. The van der Waals surface area contributed by atoms with Gasteiger partial charge in [0.2, 0.25) is 0 Å². The summed E-state index contributed by atoms with van der Waals surface area (Å²) in [4.78, 5) is 14.7. The third-order valence-electron chi connectivity index (χ3n) is 4.55. The van der Waals surface area contributed by atoms with Crippen LogP contribution in [-0.2, 0) is 6.42 Å². The van der Waals surface area contributed by atoms with Gasteiger partial charge in [-0.3, -0.25) is 4.79 Å². The van der Waals surface area contributed by atoms with Crippen LogP contribution in [0.3, 0.4) is 0 Å². The van der Waals surface area contributed by atoms with Crippen LogP contribution in [0.15, 0.2) is 24.3 Å². The molecule has 4 heteroatoms. The van der Waals surface area contributed by atoms with Gasteiger partial charge in [-0.15, -0.1) is 0 Å². The smallest absolute Gasteiger partial charge is 0.254 e. The van der Waals surface area contributed by atoms with Gasteiger partial charge in [0.05, 0.1) is 18.2 Å². The molecule has 1 unspecified atom stereocenters. The van der Waals surface area contributed by atoms with Gasteiger partial charge in [-0.25, -0.2) is 0 Å². The third kappa shape index (κ3) is 5.33. The average Bonchev–Trinajstić information content (AvgIpc) is 2.77. The fourth-order valence-electron chi connectivity index (χ4n) is 3.11. The molecule has 23 heavy (non-hydrogen) atoms. The van der Waals surface area contributed by atoms with Crippen LogP contribution in [0.5, 0.6) is 0 Å². The molecule has 0 saturated carbocycles. The van der Waals surface area contributed by atoms with E-state index in [1.165, 1.54) is 0 Å². The van der Waals surface area contributed by atoms with Crippen molar-refractivity contribution >= 4 is 5.91 Å². The van der Waals surface area contributed by atoms with E-state index in [0.717, 1.165) is 44.2 Å². The maximum Gasteiger partial charge on any atom is 0.254 e. The maximum absolute atomic E-state index is 12.8. The summed E-state index contributed by atoms with van der Waals surface area (Å²) in [6, 6.07) is 7.60. The van der Waals surface area contributed by atoms with Gasteiger partial charge in [-0.2, -0.15) is 0 Å². The summed E-state index contributed by atoms with van der Waals surface area (Å²) >= 11 is 0. The summed E-state index contributed by atoms with van der Waals surface area (Å²) in [7, 11) is 0. The number of nitrogens with zero attached hydrogens (tertiary/aromatic N) is 1. The van der Waals surface area contributed by atoms with Crippen LogP contribution >= 0.6 is 0 Å². The van der Waals surface area contributed by atoms with Crippen LogP contribution in [0.2, 0.25) is 0 Å². The van der Waals surface area contributed by atoms with Crippen LogP contribution in [0.25, 0.3) is 0 Å². The minimum atomic E-state index is -0.702. The molecule has 0 radical (unpaired) electrons. The number of aliphatic hydroxyl groups is 2. The Kier molecular flexibility index (Phi) is 6.19. The molecule has 2 rings (SSSR count). The monoisotopic (exact) mass is 319 g/mol. The van der Waals surface area contributed by atoms with E-state index in [0.29, 0.717) is 12.0 Å². The molecule has 1 amide bonds. The number of aryl methyl sites for hydroxylation is 1. The molecule has 1 fully saturated rings. The van der Waals surface area contributed by atoms with Crippen molar-refractivity contribution in [2.24, 2.45) is 0 Å². The zero-order valence-corrected chi connectivity index (χ0v) is 14.3. The van der Waals surface area contributed by atoms with Gasteiger partial charge in [0.25, 0.3) is 5.91 Å². The zero-order chi connectivity index (χ0) is 16.9. The van der Waals surface area contributed by atoms with Crippen molar-refractivity contribution in [1.29, 1.82) is 0 Å². The first-order valence-corrected chi connectivity index (χ1v) is 8.64. The first-order chi connectivity index (χ1) is 10.9. The summed E-state index contributed by atoms with van der Waals surface area (Å²) < 4.78 is 0. The van der Waals surface area contributed by atoms with Gasteiger partial charge in [0, 0.05) is 12.1 Å². The second kappa shape index (κ2) is 7.93. The number of rotatable bonds is 5. The summed E-state index contributed by atoms with van der Waals surface area (Å²) in [5, 5.41) is 19.4. The Morgan fingerprint density at radius 1 is 1.30 bits per heavy atom. The van der Waals surface area contributed by atoms with Crippen LogP contribution in [0.4, 0.5) is 0 Å². The van der Waals surface area contributed by atoms with Crippen molar-refractivity contribution in [3.05, 3.63) is 35.4 Å². The molecule has 128 valence electrons. The Morgan fingerprint density at radius 3 is 2.78 bits per heavy atom. The van der Waals surface area contributed by atoms with E-state index in [2.05, 4.69) is 0 Å². The highest BCUT2D eigenvalue weighted by molar-refractivity contribution is 5.94. The van der Waals surface area contributed by atoms with E-state index in [1.807, 2.05) is 29.2 Å². The minimum absolute atomic E-state index is 0.0102. The van der Waals surface area contributed by atoms with E-state index in [4.69, 9.17) is 0 Å². The van der Waals surface area contributed by atoms with Gasteiger partial charge < -0.3 is 15.1 Å². The lowest BCUT2D eigenvalue weighted by Crippen LogP contribution is -2.42. The van der Waals surface area contributed by atoms with Crippen molar-refractivity contribution in [2.45, 2.75) is 64.0 Å². The van der Waals surface area contributed by atoms with Gasteiger partial charge in [-0.1, -0.05) is 25.0 Å². The molecule has 0 spiro atoms. The first-order valence-electron chi connectivity index (χ1n) is 8.64. The van der Waals surface area contributed by atoms with Crippen LogP contribution in [-0.4, -0.2) is 45.8 Å². The second-order valence-corrected chi connectivity index (χ2v) is 7.20. The summed E-state index contributed by atoms with van der Waals surface area (Å²) in [5.41, 5.74) is 1.04. The number of hydrogen-bond donors (Lipinski definition) is 2. The quantitative estimate of drug-likeness (QED) is 0.877. The molecule has 2 N–H and O–H groups in total. The molecule has 1 saturated heterocycles. The maximum atomic E-state index is 12.8. The molecular formula is C19H29NO3. The van der Waals surface area contributed by atoms with E-state index in [-0.39, 0.29) is 18.6 Å². The number of aliphatic hydroxyl groups excluding tert-OH is 1. The zero-order valence-electron chi connectivity index (χ0n) is 14.3. The minimum Gasteiger partial charge on any atom is -0.394 e. The van der Waals surface area contributed by atoms with E-state index in [1.54, 1.807) is 13.8 Å². The molecule has 4 nitrogen and oxygen atoms in total. The predicted octanol–water partition coefficient (Wildman–Crippen LogP) is 2.77. The molecule has 0 aliphatic carbocycles. The molecular weight excluding hydrogens is 290 g/mol. The number of benzene rings is 1. The second-order valence-electron chi connectivity index (χ2n) is 7.20. The van der Waals surface area contributed by atoms with Gasteiger partial charge in [0.1, 0.15) is 0 Å². The van der Waals surface area contributed by atoms with Crippen LogP contribution in [0, 0.1) is 0 Å². The van der Waals surface area contributed by atoms with E-state index < -0.39 is 5.60 Å². The average molecular weight is 319 g/mol. The highest BCUT2D eigenvalue weighted by Gasteiger charge is 2.25. The number of hydrogen-bond acceptors (Lipinski definition) is 3. The van der Waals surface area contributed by atoms with Gasteiger partial charge in [0.15, 0.2) is 0 Å². The highest BCUT2D eigenvalue weighted by atomic mass is 16.3. The first kappa shape index (κ1) is 18.0. The Labute approximate surface area is 139 Å². The van der Waals surface area contributed by atoms with Gasteiger partial charge in [-0.05, 0) is 57.2 Å². The Bertz CT molecular complexity index is 522. The number of likely N-dealkylation sites (tertiary alicyclic amines) is 1. The molecule has 1 aliphatic rings. The van der Waals surface area contributed by atoms with E-state index >= 15 is 0 Å². The van der Waals surface area contributed by atoms with Crippen molar-refractivity contribution in [2.75, 3.05) is 13.2 Å². The third-order valence-corrected chi connectivity index (χ3v) is 4.55. The van der Waals surface area contributed by atoms with Crippen molar-refractivity contribution in [3.8, 4) is 0 Å². The normalized spacial score (nSPS) is 19.5. The predicted molar refractivity (Wildman–Crippen MR) is 91.4 cm³/mol. The summed E-state index contributed by atoms with van der Waals surface area (Å²) in [6.45, 7) is 4.35. The van der Waals surface area contributed by atoms with Crippen LogP contribution in [0.1, 0.15) is 61.9 Å². The Hall–Kier alpha value is -1.39. The Balaban J connectivity index is 2.11. The molecule has 0 bridgehead atoms.